The minimum Gasteiger partial charge on any atom is -0.383 e. The smallest absolute Gasteiger partial charge is 0.269 e. The summed E-state index contributed by atoms with van der Waals surface area (Å²) in [6.45, 7) is 2.45. The minimum absolute atomic E-state index is 0.0261. The lowest BCUT2D eigenvalue weighted by atomic mass is 10.3. The Bertz CT molecular complexity index is 400. The predicted molar refractivity (Wildman–Crippen MR) is 65.4 cm³/mol. The molecule has 1 aromatic rings. The fourth-order valence-corrected chi connectivity index (χ4v) is 1.46. The molecule has 1 aromatic heterocycles. The Morgan fingerprint density at radius 2 is 2.29 bits per heavy atom. The van der Waals surface area contributed by atoms with Crippen LogP contribution in [0.25, 0.3) is 0 Å². The van der Waals surface area contributed by atoms with Gasteiger partial charge in [0.25, 0.3) is 5.91 Å². The number of amides is 1. The van der Waals surface area contributed by atoms with E-state index < -0.39 is 0 Å². The fourth-order valence-electron chi connectivity index (χ4n) is 1.28. The van der Waals surface area contributed by atoms with Gasteiger partial charge < -0.3 is 15.4 Å². The molecule has 1 amide bonds. The molecule has 1 unspecified atom stereocenters. The summed E-state index contributed by atoms with van der Waals surface area (Å²) in [6.07, 6.45) is 0. The van der Waals surface area contributed by atoms with Crippen molar-refractivity contribution in [3.63, 3.8) is 0 Å². The number of hydrogen-bond donors (Lipinski definition) is 2. The SMILES string of the molecule is CNC(=O)c1cc(NC(C)COC)nc(Cl)n1. The van der Waals surface area contributed by atoms with Gasteiger partial charge in [-0.1, -0.05) is 0 Å². The number of carbonyl (C=O) groups excluding carboxylic acids is 1. The van der Waals surface area contributed by atoms with Crippen LogP contribution in [0, 0.1) is 0 Å². The van der Waals surface area contributed by atoms with Gasteiger partial charge in [-0.25, -0.2) is 9.97 Å². The monoisotopic (exact) mass is 258 g/mol. The van der Waals surface area contributed by atoms with Crippen LogP contribution in [0.2, 0.25) is 5.28 Å². The maximum atomic E-state index is 11.4. The van der Waals surface area contributed by atoms with Crippen LogP contribution >= 0.6 is 11.6 Å². The van der Waals surface area contributed by atoms with Crippen LogP contribution in [0.4, 0.5) is 5.82 Å². The van der Waals surface area contributed by atoms with E-state index in [2.05, 4.69) is 20.6 Å². The lowest BCUT2D eigenvalue weighted by Crippen LogP contribution is -2.23. The molecule has 0 spiro atoms. The number of nitrogens with one attached hydrogen (secondary N) is 2. The van der Waals surface area contributed by atoms with Crippen LogP contribution in [0.3, 0.4) is 0 Å². The number of aromatic nitrogens is 2. The second-order valence-electron chi connectivity index (χ2n) is 3.49. The van der Waals surface area contributed by atoms with Crippen molar-refractivity contribution in [3.8, 4) is 0 Å². The Morgan fingerprint density at radius 3 is 2.88 bits per heavy atom. The van der Waals surface area contributed by atoms with E-state index in [1.807, 2.05) is 6.92 Å². The lowest BCUT2D eigenvalue weighted by Gasteiger charge is -2.13. The Hall–Kier alpha value is -1.40. The molecule has 0 saturated heterocycles. The molecule has 0 fully saturated rings. The number of nitrogens with zero attached hydrogens (tertiary/aromatic N) is 2. The van der Waals surface area contributed by atoms with Crippen molar-refractivity contribution >= 4 is 23.3 Å². The molecule has 17 heavy (non-hydrogen) atoms. The fraction of sp³-hybridized carbons (Fsp3) is 0.500. The van der Waals surface area contributed by atoms with E-state index in [1.165, 1.54) is 13.1 Å². The lowest BCUT2D eigenvalue weighted by molar-refractivity contribution is 0.0958. The van der Waals surface area contributed by atoms with Gasteiger partial charge in [0.2, 0.25) is 5.28 Å². The number of hydrogen-bond acceptors (Lipinski definition) is 5. The third-order valence-electron chi connectivity index (χ3n) is 1.97. The van der Waals surface area contributed by atoms with Gasteiger partial charge in [0.15, 0.2) is 0 Å². The van der Waals surface area contributed by atoms with Gasteiger partial charge in [-0.2, -0.15) is 0 Å². The standard InChI is InChI=1S/C10H15ClN4O2/c1-6(5-17-3)13-8-4-7(9(16)12-2)14-10(11)15-8/h4,6H,5H2,1-3H3,(H,12,16)(H,13,14,15). The molecule has 1 atom stereocenters. The number of anilines is 1. The van der Waals surface area contributed by atoms with Gasteiger partial charge in [0.05, 0.1) is 6.61 Å². The van der Waals surface area contributed by atoms with E-state index in [0.717, 1.165) is 0 Å². The van der Waals surface area contributed by atoms with E-state index in [4.69, 9.17) is 16.3 Å². The van der Waals surface area contributed by atoms with Gasteiger partial charge >= 0.3 is 0 Å². The van der Waals surface area contributed by atoms with Crippen molar-refractivity contribution in [1.29, 1.82) is 0 Å². The molecule has 0 aliphatic rings. The van der Waals surface area contributed by atoms with Gasteiger partial charge in [-0.3, -0.25) is 4.79 Å². The first-order chi connectivity index (χ1) is 8.06. The molecular formula is C10H15ClN4O2. The summed E-state index contributed by atoms with van der Waals surface area (Å²) in [5.41, 5.74) is 0.222. The Labute approximate surface area is 105 Å². The zero-order valence-electron chi connectivity index (χ0n) is 9.95. The number of ether oxygens (including phenoxy) is 1. The van der Waals surface area contributed by atoms with Gasteiger partial charge in [0, 0.05) is 26.3 Å². The second kappa shape index (κ2) is 6.36. The number of halogens is 1. The first-order valence-corrected chi connectivity index (χ1v) is 5.46. The highest BCUT2D eigenvalue weighted by molar-refractivity contribution is 6.28. The summed E-state index contributed by atoms with van der Waals surface area (Å²) in [6, 6.07) is 1.60. The van der Waals surface area contributed by atoms with Gasteiger partial charge in [-0.15, -0.1) is 0 Å². The normalized spacial score (nSPS) is 12.0. The van der Waals surface area contributed by atoms with Crippen molar-refractivity contribution in [3.05, 3.63) is 17.0 Å². The number of rotatable bonds is 5. The molecular weight excluding hydrogens is 244 g/mol. The van der Waals surface area contributed by atoms with Crippen LogP contribution < -0.4 is 10.6 Å². The van der Waals surface area contributed by atoms with E-state index in [-0.39, 0.29) is 22.9 Å². The van der Waals surface area contributed by atoms with Crippen molar-refractivity contribution < 1.29 is 9.53 Å². The first-order valence-electron chi connectivity index (χ1n) is 5.09. The third kappa shape index (κ3) is 4.16. The summed E-state index contributed by atoms with van der Waals surface area (Å²) in [4.78, 5) is 19.2. The van der Waals surface area contributed by atoms with Crippen LogP contribution in [-0.4, -0.2) is 42.7 Å². The molecule has 0 aliphatic carbocycles. The Kier molecular flexibility index (Phi) is 5.11. The summed E-state index contributed by atoms with van der Waals surface area (Å²) in [5.74, 6) is 0.185. The second-order valence-corrected chi connectivity index (χ2v) is 3.83. The Morgan fingerprint density at radius 1 is 1.59 bits per heavy atom. The molecule has 0 aromatic carbocycles. The van der Waals surface area contributed by atoms with Gasteiger partial charge in [-0.05, 0) is 18.5 Å². The maximum absolute atomic E-state index is 11.4. The van der Waals surface area contributed by atoms with Crippen LogP contribution in [0.5, 0.6) is 0 Å². The van der Waals surface area contributed by atoms with Gasteiger partial charge in [0.1, 0.15) is 11.5 Å². The van der Waals surface area contributed by atoms with Crippen LogP contribution in [0.15, 0.2) is 6.07 Å². The average molecular weight is 259 g/mol. The molecule has 94 valence electrons. The molecule has 1 heterocycles. The van der Waals surface area contributed by atoms with Crippen molar-refractivity contribution in [2.24, 2.45) is 0 Å². The van der Waals surface area contributed by atoms with E-state index in [1.54, 1.807) is 7.11 Å². The molecule has 0 saturated carbocycles. The largest absolute Gasteiger partial charge is 0.383 e. The predicted octanol–water partition coefficient (Wildman–Crippen LogP) is 0.936. The summed E-state index contributed by atoms with van der Waals surface area (Å²) in [7, 11) is 3.14. The number of methoxy groups -OCH3 is 1. The topological polar surface area (TPSA) is 76.1 Å². The van der Waals surface area contributed by atoms with Crippen molar-refractivity contribution in [1.82, 2.24) is 15.3 Å². The van der Waals surface area contributed by atoms with Crippen molar-refractivity contribution in [2.75, 3.05) is 26.1 Å². The summed E-state index contributed by atoms with van der Waals surface area (Å²) < 4.78 is 4.99. The van der Waals surface area contributed by atoms with Crippen LogP contribution in [0.1, 0.15) is 17.4 Å². The zero-order valence-corrected chi connectivity index (χ0v) is 10.7. The summed E-state index contributed by atoms with van der Waals surface area (Å²) >= 11 is 5.74. The van der Waals surface area contributed by atoms with E-state index >= 15 is 0 Å². The number of carbonyl (C=O) groups is 1. The highest BCUT2D eigenvalue weighted by Gasteiger charge is 2.10. The highest BCUT2D eigenvalue weighted by atomic mass is 35.5. The molecule has 0 radical (unpaired) electrons. The highest BCUT2D eigenvalue weighted by Crippen LogP contribution is 2.11. The molecule has 0 aliphatic heterocycles. The van der Waals surface area contributed by atoms with E-state index in [0.29, 0.717) is 12.4 Å². The third-order valence-corrected chi connectivity index (χ3v) is 2.14. The molecule has 7 heteroatoms. The minimum atomic E-state index is -0.309. The molecule has 2 N–H and O–H groups in total. The van der Waals surface area contributed by atoms with Crippen molar-refractivity contribution in [2.45, 2.75) is 13.0 Å². The Balaban J connectivity index is 2.85. The average Bonchev–Trinajstić information content (AvgIpc) is 2.27. The zero-order chi connectivity index (χ0) is 12.8. The molecule has 0 bridgehead atoms. The maximum Gasteiger partial charge on any atom is 0.269 e. The molecule has 1 rings (SSSR count). The molecule has 6 nitrogen and oxygen atoms in total. The van der Waals surface area contributed by atoms with Crippen LogP contribution in [-0.2, 0) is 4.74 Å². The summed E-state index contributed by atoms with van der Waals surface area (Å²) in [5, 5.41) is 5.56. The quantitative estimate of drug-likeness (QED) is 0.769. The first kappa shape index (κ1) is 13.7. The van der Waals surface area contributed by atoms with E-state index in [9.17, 15) is 4.79 Å².